The molecule has 2 aromatic carbocycles. The number of ketones is 1. The van der Waals surface area contributed by atoms with E-state index in [4.69, 9.17) is 21.1 Å². The maximum atomic E-state index is 16.4. The third kappa shape index (κ3) is 7.30. The van der Waals surface area contributed by atoms with Gasteiger partial charge >= 0.3 is 5.97 Å². The van der Waals surface area contributed by atoms with Crippen LogP contribution in [0, 0.1) is 17.5 Å². The Kier molecular flexibility index (Phi) is 11.7. The molecular weight excluding hydrogens is 643 g/mol. The van der Waals surface area contributed by atoms with E-state index in [2.05, 4.69) is 5.32 Å². The normalized spacial score (nSPS) is 15.0. The lowest BCUT2D eigenvalue weighted by molar-refractivity contribution is -0.110. The first-order valence-electron chi connectivity index (χ1n) is 14.9. The average Bonchev–Trinajstić information content (AvgIpc) is 3.00. The van der Waals surface area contributed by atoms with E-state index < -0.39 is 54.1 Å². The number of phenols is 1. The van der Waals surface area contributed by atoms with Crippen molar-refractivity contribution in [1.82, 2.24) is 5.32 Å². The van der Waals surface area contributed by atoms with E-state index in [1.807, 2.05) is 13.1 Å². The van der Waals surface area contributed by atoms with Crippen LogP contribution in [0.2, 0.25) is 13.1 Å². The van der Waals surface area contributed by atoms with E-state index in [1.54, 1.807) is 0 Å². The molecule has 2 aliphatic rings. The first kappa shape index (κ1) is 35.1. The summed E-state index contributed by atoms with van der Waals surface area (Å²) in [5.74, 6) is -8.58. The highest BCUT2D eigenvalue weighted by Gasteiger charge is 2.43. The summed E-state index contributed by atoms with van der Waals surface area (Å²) in [4.78, 5) is 37.8. The van der Waals surface area contributed by atoms with Crippen molar-refractivity contribution in [1.29, 1.82) is 0 Å². The summed E-state index contributed by atoms with van der Waals surface area (Å²) in [7, 11) is -2.76. The second-order valence-electron chi connectivity index (χ2n) is 11.4. The first-order valence-corrected chi connectivity index (χ1v) is 18.4. The summed E-state index contributed by atoms with van der Waals surface area (Å²) in [5.41, 5.74) is -3.07. The van der Waals surface area contributed by atoms with Crippen LogP contribution in [0.25, 0.3) is 5.57 Å². The summed E-state index contributed by atoms with van der Waals surface area (Å²) in [6.45, 7) is 4.65. The van der Waals surface area contributed by atoms with Crippen LogP contribution in [0.3, 0.4) is 0 Å². The van der Waals surface area contributed by atoms with Crippen molar-refractivity contribution >= 4 is 48.1 Å². The molecule has 1 aliphatic heterocycles. The molecule has 2 aromatic rings. The fourth-order valence-corrected chi connectivity index (χ4v) is 8.93. The van der Waals surface area contributed by atoms with Crippen molar-refractivity contribution in [2.24, 2.45) is 0 Å². The van der Waals surface area contributed by atoms with Gasteiger partial charge in [0.2, 0.25) is 0 Å². The number of alkyl halides is 1. The molecule has 0 atom stereocenters. The Bertz CT molecular complexity index is 1640. The summed E-state index contributed by atoms with van der Waals surface area (Å²) < 4.78 is 58.1. The predicted octanol–water partition coefficient (Wildman–Crippen LogP) is 5.41. The highest BCUT2D eigenvalue weighted by atomic mass is 35.5. The van der Waals surface area contributed by atoms with Crippen molar-refractivity contribution in [3.63, 3.8) is 0 Å². The number of allylic oxidation sites excluding steroid dienone is 5. The standard InChI is InChI=1S/C33H35ClF3NO7Si/c1-46(2)23-17-19(39)7-9-21(23)25(22-10-8-20(40)18-24(22)46)26-27(33(42)43)30(36)31(37)28(29(26)35)32(41)38-12-14-45-16-15-44-13-6-4-3-5-11-34/h7-10,17-18,39H,3-6,11-16H2,1-2H3,(H,38,41)(H,42,43). The monoisotopic (exact) mass is 677 g/mol. The largest absolute Gasteiger partial charge is 0.508 e. The second kappa shape index (κ2) is 15.3. The third-order valence-corrected chi connectivity index (χ3v) is 11.8. The second-order valence-corrected chi connectivity index (χ2v) is 16.1. The first-order chi connectivity index (χ1) is 21.9. The number of amides is 1. The zero-order chi connectivity index (χ0) is 33.6. The lowest BCUT2D eigenvalue weighted by Gasteiger charge is -2.37. The minimum absolute atomic E-state index is 0.0323. The third-order valence-electron chi connectivity index (χ3n) is 7.97. The van der Waals surface area contributed by atoms with Crippen LogP contribution in [-0.4, -0.2) is 74.8 Å². The molecule has 0 fully saturated rings. The smallest absolute Gasteiger partial charge is 0.339 e. The van der Waals surface area contributed by atoms with Gasteiger partial charge in [0.25, 0.3) is 5.91 Å². The Morgan fingerprint density at radius 2 is 1.59 bits per heavy atom. The van der Waals surface area contributed by atoms with E-state index in [-0.39, 0.29) is 48.0 Å². The van der Waals surface area contributed by atoms with E-state index in [0.717, 1.165) is 25.7 Å². The maximum absolute atomic E-state index is 16.4. The van der Waals surface area contributed by atoms with E-state index in [0.29, 0.717) is 29.5 Å². The number of carbonyl (C=O) groups is 3. The number of carboxylic acids is 1. The van der Waals surface area contributed by atoms with Gasteiger partial charge in [-0.15, -0.1) is 11.6 Å². The van der Waals surface area contributed by atoms with Gasteiger partial charge in [-0.3, -0.25) is 9.59 Å². The van der Waals surface area contributed by atoms with E-state index in [1.165, 1.54) is 36.4 Å². The molecule has 0 saturated carbocycles. The number of phenolic OH excluding ortho intramolecular Hbond substituents is 1. The Hall–Kier alpha value is -3.71. The molecule has 8 nitrogen and oxygen atoms in total. The number of aromatic carboxylic acids is 1. The highest BCUT2D eigenvalue weighted by molar-refractivity contribution is 6.98. The minimum Gasteiger partial charge on any atom is -0.508 e. The van der Waals surface area contributed by atoms with Gasteiger partial charge in [0.05, 0.1) is 19.8 Å². The molecule has 0 saturated heterocycles. The van der Waals surface area contributed by atoms with E-state index in [9.17, 15) is 24.6 Å². The number of hydrogen-bond acceptors (Lipinski definition) is 6. The van der Waals surface area contributed by atoms with Gasteiger partial charge in [0.15, 0.2) is 17.4 Å². The lowest BCUT2D eigenvalue weighted by atomic mass is 9.85. The maximum Gasteiger partial charge on any atom is 0.339 e. The molecule has 1 heterocycles. The Labute approximate surface area is 270 Å². The molecule has 1 aliphatic carbocycles. The van der Waals surface area contributed by atoms with Gasteiger partial charge in [-0.05, 0) is 64.2 Å². The molecule has 0 aromatic heterocycles. The number of carboxylic acid groups (broad SMARTS) is 1. The number of unbranched alkanes of at least 4 members (excludes halogenated alkanes) is 3. The summed E-state index contributed by atoms with van der Waals surface area (Å²) in [5, 5.41) is 23.5. The molecule has 0 unspecified atom stereocenters. The molecule has 13 heteroatoms. The van der Waals surface area contributed by atoms with Crippen LogP contribution in [-0.2, 0) is 14.3 Å². The van der Waals surface area contributed by atoms with Gasteiger partial charge < -0.3 is 25.0 Å². The fraction of sp³-hybridized carbons (Fsp3) is 0.364. The van der Waals surface area contributed by atoms with Gasteiger partial charge in [-0.2, -0.15) is 0 Å². The number of hydrogen-bond donors (Lipinski definition) is 3. The van der Waals surface area contributed by atoms with Crippen molar-refractivity contribution in [2.45, 2.75) is 38.8 Å². The van der Waals surface area contributed by atoms with Crippen LogP contribution in [0.4, 0.5) is 13.2 Å². The van der Waals surface area contributed by atoms with Gasteiger partial charge in [0.1, 0.15) is 30.8 Å². The van der Waals surface area contributed by atoms with Gasteiger partial charge in [-0.1, -0.05) is 38.1 Å². The molecule has 0 bridgehead atoms. The molecule has 3 N–H and O–H groups in total. The molecule has 0 radical (unpaired) electrons. The highest BCUT2D eigenvalue weighted by Crippen LogP contribution is 2.44. The number of carbonyl (C=O) groups excluding carboxylic acids is 2. The molecule has 246 valence electrons. The number of benzene rings is 2. The zero-order valence-electron chi connectivity index (χ0n) is 25.5. The lowest BCUT2D eigenvalue weighted by Crippen LogP contribution is -2.49. The zero-order valence-corrected chi connectivity index (χ0v) is 27.2. The number of halogens is 4. The molecule has 46 heavy (non-hydrogen) atoms. The number of rotatable bonds is 15. The molecule has 4 rings (SSSR count). The molecule has 1 amide bonds. The number of nitrogens with one attached hydrogen (secondary N) is 1. The number of fused-ring (bicyclic) bond motifs is 2. The Morgan fingerprint density at radius 1 is 0.913 bits per heavy atom. The van der Waals surface area contributed by atoms with E-state index >= 15 is 13.2 Å². The van der Waals surface area contributed by atoms with Crippen LogP contribution < -0.4 is 10.5 Å². The summed E-state index contributed by atoms with van der Waals surface area (Å²) in [6.07, 6.45) is 7.81. The van der Waals surface area contributed by atoms with Crippen LogP contribution in [0.1, 0.15) is 57.5 Å². The Morgan fingerprint density at radius 3 is 2.28 bits per heavy atom. The van der Waals surface area contributed by atoms with Crippen LogP contribution in [0.15, 0.2) is 47.2 Å². The SMILES string of the molecule is C[Si]1(C)C2=CC(=O)C=CC2=C(c2c(F)c(C(=O)NCCOCCOCCCCCCCl)c(F)c(F)c2C(=O)O)c2ccc(O)cc21. The van der Waals surface area contributed by atoms with Gasteiger partial charge in [0, 0.05) is 24.6 Å². The topological polar surface area (TPSA) is 122 Å². The predicted molar refractivity (Wildman–Crippen MR) is 170 cm³/mol. The Balaban J connectivity index is 1.63. The van der Waals surface area contributed by atoms with Crippen molar-refractivity contribution in [3.05, 3.63) is 86.9 Å². The minimum atomic E-state index is -2.76. The number of aromatic hydroxyl groups is 1. The van der Waals surface area contributed by atoms with Crippen LogP contribution in [0.5, 0.6) is 5.75 Å². The van der Waals surface area contributed by atoms with Crippen molar-refractivity contribution in [2.75, 3.05) is 38.9 Å². The quantitative estimate of drug-likeness (QED) is 0.0998. The molecular formula is C33H35ClF3NO7Si. The number of ether oxygens (including phenoxy) is 2. The average molecular weight is 678 g/mol. The molecule has 0 spiro atoms. The summed E-state index contributed by atoms with van der Waals surface area (Å²) in [6, 6.07) is 4.16. The van der Waals surface area contributed by atoms with Crippen molar-refractivity contribution < 1.29 is 47.2 Å². The van der Waals surface area contributed by atoms with Crippen molar-refractivity contribution in [3.8, 4) is 5.75 Å². The van der Waals surface area contributed by atoms with Crippen LogP contribution >= 0.6 is 11.6 Å². The summed E-state index contributed by atoms with van der Waals surface area (Å²) >= 11 is 5.64. The van der Waals surface area contributed by atoms with Gasteiger partial charge in [-0.25, -0.2) is 18.0 Å². The fourth-order valence-electron chi connectivity index (χ4n) is 5.68.